The van der Waals surface area contributed by atoms with Crippen LogP contribution in [0.15, 0.2) is 52.3 Å². The van der Waals surface area contributed by atoms with E-state index in [0.717, 1.165) is 9.87 Å². The van der Waals surface area contributed by atoms with Gasteiger partial charge in [0.15, 0.2) is 0 Å². The van der Waals surface area contributed by atoms with Gasteiger partial charge in [-0.2, -0.15) is 0 Å². The molecule has 2 aromatic rings. The standard InChI is InChI=1S/C19H26N2O6S2/c1-14-6-8-15(9-7-14)29(25,26)21(4)17-12-16(10-11-18(17)27-5)28(23,24)20-19(2,3)13-22/h6-12,20,22H,13H2,1-5H3. The average molecular weight is 443 g/mol. The molecule has 0 heterocycles. The number of methoxy groups -OCH3 is 1. The number of anilines is 1. The zero-order chi connectivity index (χ0) is 22.0. The van der Waals surface area contributed by atoms with Gasteiger partial charge < -0.3 is 9.84 Å². The van der Waals surface area contributed by atoms with E-state index in [1.165, 1.54) is 58.3 Å². The Morgan fingerprint density at radius 1 is 1.03 bits per heavy atom. The van der Waals surface area contributed by atoms with Crippen LogP contribution in [0.2, 0.25) is 0 Å². The van der Waals surface area contributed by atoms with E-state index >= 15 is 0 Å². The minimum absolute atomic E-state index is 0.0674. The van der Waals surface area contributed by atoms with E-state index in [2.05, 4.69) is 4.72 Å². The van der Waals surface area contributed by atoms with Gasteiger partial charge in [0.25, 0.3) is 10.0 Å². The zero-order valence-corrected chi connectivity index (χ0v) is 18.6. The van der Waals surface area contributed by atoms with Crippen LogP contribution >= 0.6 is 0 Å². The first-order chi connectivity index (χ1) is 13.3. The Labute approximate surface area is 172 Å². The Hall–Kier alpha value is -2.14. The molecule has 0 amide bonds. The largest absolute Gasteiger partial charge is 0.495 e. The Balaban J connectivity index is 2.54. The van der Waals surface area contributed by atoms with Crippen molar-refractivity contribution in [1.29, 1.82) is 0 Å². The molecule has 160 valence electrons. The summed E-state index contributed by atoms with van der Waals surface area (Å²) < 4.78 is 60.1. The van der Waals surface area contributed by atoms with Gasteiger partial charge >= 0.3 is 0 Å². The number of aliphatic hydroxyl groups excluding tert-OH is 1. The zero-order valence-electron chi connectivity index (χ0n) is 17.0. The van der Waals surface area contributed by atoms with Gasteiger partial charge in [-0.1, -0.05) is 17.7 Å². The van der Waals surface area contributed by atoms with Crippen LogP contribution in [0.3, 0.4) is 0 Å². The first-order valence-electron chi connectivity index (χ1n) is 8.72. The lowest BCUT2D eigenvalue weighted by molar-refractivity contribution is 0.208. The Morgan fingerprint density at radius 3 is 2.10 bits per heavy atom. The van der Waals surface area contributed by atoms with Crippen LogP contribution in [0.4, 0.5) is 5.69 Å². The Morgan fingerprint density at radius 2 is 1.59 bits per heavy atom. The smallest absolute Gasteiger partial charge is 0.264 e. The fraction of sp³-hybridized carbons (Fsp3) is 0.368. The number of nitrogens with zero attached hydrogens (tertiary/aromatic N) is 1. The molecule has 10 heteroatoms. The predicted molar refractivity (Wildman–Crippen MR) is 111 cm³/mol. The first-order valence-corrected chi connectivity index (χ1v) is 11.6. The van der Waals surface area contributed by atoms with Gasteiger partial charge in [0, 0.05) is 7.05 Å². The van der Waals surface area contributed by atoms with Crippen molar-refractivity contribution in [3.8, 4) is 5.75 Å². The summed E-state index contributed by atoms with van der Waals surface area (Å²) in [7, 11) is -5.26. The molecule has 0 saturated carbocycles. The Bertz CT molecular complexity index is 1080. The topological polar surface area (TPSA) is 113 Å². The van der Waals surface area contributed by atoms with Crippen LogP contribution in [-0.4, -0.2) is 48.2 Å². The lowest BCUT2D eigenvalue weighted by Gasteiger charge is -2.25. The quantitative estimate of drug-likeness (QED) is 0.645. The molecule has 2 N–H and O–H groups in total. The minimum atomic E-state index is -4.01. The van der Waals surface area contributed by atoms with Crippen LogP contribution < -0.4 is 13.8 Å². The molecule has 8 nitrogen and oxygen atoms in total. The molecular weight excluding hydrogens is 416 g/mol. The minimum Gasteiger partial charge on any atom is -0.495 e. The number of hydrogen-bond acceptors (Lipinski definition) is 6. The van der Waals surface area contributed by atoms with Gasteiger partial charge in [-0.25, -0.2) is 21.6 Å². The van der Waals surface area contributed by atoms with Gasteiger partial charge in [-0.05, 0) is 51.1 Å². The van der Waals surface area contributed by atoms with Crippen molar-refractivity contribution >= 4 is 25.7 Å². The lowest BCUT2D eigenvalue weighted by Crippen LogP contribution is -2.46. The van der Waals surface area contributed by atoms with E-state index in [-0.39, 0.29) is 21.2 Å². The van der Waals surface area contributed by atoms with Crippen molar-refractivity contribution in [2.45, 2.75) is 36.1 Å². The van der Waals surface area contributed by atoms with Crippen LogP contribution in [-0.2, 0) is 20.0 Å². The van der Waals surface area contributed by atoms with Crippen molar-refractivity contribution in [1.82, 2.24) is 4.72 Å². The van der Waals surface area contributed by atoms with Crippen LogP contribution in [0.25, 0.3) is 0 Å². The summed E-state index contributed by atoms with van der Waals surface area (Å²) in [5.74, 6) is 0.198. The van der Waals surface area contributed by atoms with Gasteiger partial charge in [-0.15, -0.1) is 0 Å². The molecule has 29 heavy (non-hydrogen) atoms. The number of hydrogen-bond donors (Lipinski definition) is 2. The first kappa shape index (κ1) is 23.1. The molecule has 0 unspecified atom stereocenters. The van der Waals surface area contributed by atoms with E-state index in [4.69, 9.17) is 4.74 Å². The second kappa shape index (κ2) is 8.31. The molecule has 0 fully saturated rings. The highest BCUT2D eigenvalue weighted by molar-refractivity contribution is 7.92. The summed E-state index contributed by atoms with van der Waals surface area (Å²) >= 11 is 0. The summed E-state index contributed by atoms with van der Waals surface area (Å²) in [6.07, 6.45) is 0. The molecule has 0 saturated heterocycles. The number of benzene rings is 2. The molecule has 0 radical (unpaired) electrons. The number of ether oxygens (including phenoxy) is 1. The predicted octanol–water partition coefficient (Wildman–Crippen LogP) is 1.88. The molecular formula is C19H26N2O6S2. The third kappa shape index (κ3) is 5.08. The van der Waals surface area contributed by atoms with Crippen LogP contribution in [0.1, 0.15) is 19.4 Å². The van der Waals surface area contributed by atoms with E-state index in [1.54, 1.807) is 12.1 Å². The maximum absolute atomic E-state index is 13.0. The second-order valence-electron chi connectivity index (χ2n) is 7.27. The molecule has 0 atom stereocenters. The SMILES string of the molecule is COc1ccc(S(=O)(=O)NC(C)(C)CO)cc1N(C)S(=O)(=O)c1ccc(C)cc1. The molecule has 0 aliphatic heterocycles. The third-order valence-electron chi connectivity index (χ3n) is 4.29. The number of rotatable bonds is 8. The fourth-order valence-corrected chi connectivity index (χ4v) is 5.16. The molecule has 0 aliphatic rings. The molecule has 2 rings (SSSR count). The normalized spacial score (nSPS) is 12.6. The molecule has 0 aromatic heterocycles. The molecule has 0 spiro atoms. The average Bonchev–Trinajstić information content (AvgIpc) is 2.66. The monoisotopic (exact) mass is 442 g/mol. The molecule has 2 aromatic carbocycles. The van der Waals surface area contributed by atoms with Gasteiger partial charge in [0.05, 0.1) is 34.7 Å². The van der Waals surface area contributed by atoms with E-state index in [1.807, 2.05) is 6.92 Å². The number of aliphatic hydroxyl groups is 1. The fourth-order valence-electron chi connectivity index (χ4n) is 2.54. The van der Waals surface area contributed by atoms with Crippen LogP contribution in [0, 0.1) is 6.92 Å². The highest BCUT2D eigenvalue weighted by atomic mass is 32.2. The summed E-state index contributed by atoms with van der Waals surface area (Å²) in [5.41, 5.74) is -0.105. The van der Waals surface area contributed by atoms with Crippen molar-refractivity contribution in [2.24, 2.45) is 0 Å². The van der Waals surface area contributed by atoms with Crippen molar-refractivity contribution < 1.29 is 26.7 Å². The highest BCUT2D eigenvalue weighted by Crippen LogP contribution is 2.33. The van der Waals surface area contributed by atoms with E-state index < -0.39 is 32.2 Å². The van der Waals surface area contributed by atoms with E-state index in [9.17, 15) is 21.9 Å². The second-order valence-corrected chi connectivity index (χ2v) is 10.9. The summed E-state index contributed by atoms with van der Waals surface area (Å²) in [6, 6.07) is 10.3. The summed E-state index contributed by atoms with van der Waals surface area (Å²) in [4.78, 5) is -0.0822. The maximum atomic E-state index is 13.0. The van der Waals surface area contributed by atoms with Gasteiger partial charge in [0.2, 0.25) is 10.0 Å². The third-order valence-corrected chi connectivity index (χ3v) is 7.77. The van der Waals surface area contributed by atoms with Crippen LogP contribution in [0.5, 0.6) is 5.75 Å². The molecule has 0 aliphatic carbocycles. The van der Waals surface area contributed by atoms with E-state index in [0.29, 0.717) is 0 Å². The molecule has 0 bridgehead atoms. The van der Waals surface area contributed by atoms with Crippen molar-refractivity contribution in [3.05, 3.63) is 48.0 Å². The van der Waals surface area contributed by atoms with Gasteiger partial charge in [-0.3, -0.25) is 4.31 Å². The van der Waals surface area contributed by atoms with Gasteiger partial charge in [0.1, 0.15) is 5.75 Å². The Kier molecular flexibility index (Phi) is 6.63. The maximum Gasteiger partial charge on any atom is 0.264 e. The highest BCUT2D eigenvalue weighted by Gasteiger charge is 2.29. The summed E-state index contributed by atoms with van der Waals surface area (Å²) in [6.45, 7) is 4.50. The van der Waals surface area contributed by atoms with Crippen molar-refractivity contribution in [3.63, 3.8) is 0 Å². The van der Waals surface area contributed by atoms with Crippen molar-refractivity contribution in [2.75, 3.05) is 25.1 Å². The number of sulfonamides is 2. The summed E-state index contributed by atoms with van der Waals surface area (Å²) in [5, 5.41) is 9.35. The lowest BCUT2D eigenvalue weighted by atomic mass is 10.1. The number of aryl methyl sites for hydroxylation is 1. The number of nitrogens with one attached hydrogen (secondary N) is 1.